The quantitative estimate of drug-likeness (QED) is 0.638. The molecule has 2 N–H and O–H groups in total. The minimum Gasteiger partial charge on any atom is -0.480 e. The summed E-state index contributed by atoms with van der Waals surface area (Å²) in [6.45, 7) is 5.58. The van der Waals surface area contributed by atoms with Gasteiger partial charge in [0.2, 0.25) is 0 Å². The Morgan fingerprint density at radius 2 is 2.17 bits per heavy atom. The van der Waals surface area contributed by atoms with Gasteiger partial charge in [-0.1, -0.05) is 0 Å². The van der Waals surface area contributed by atoms with E-state index in [0.29, 0.717) is 0 Å². The smallest absolute Gasteiger partial charge is 0.326 e. The summed E-state index contributed by atoms with van der Waals surface area (Å²) in [6, 6.07) is 0.126. The SMILES string of the molecule is COCC(C)(NC(C)C)C(=O)O. The molecule has 0 saturated carbocycles. The van der Waals surface area contributed by atoms with Crippen LogP contribution in [0.1, 0.15) is 20.8 Å². The molecule has 1 unspecified atom stereocenters. The summed E-state index contributed by atoms with van der Waals surface area (Å²) in [5, 5.41) is 11.8. The van der Waals surface area contributed by atoms with Crippen LogP contribution in [-0.2, 0) is 9.53 Å². The van der Waals surface area contributed by atoms with Crippen LogP contribution >= 0.6 is 0 Å². The molecule has 4 nitrogen and oxygen atoms in total. The molecule has 0 aromatic rings. The van der Waals surface area contributed by atoms with Gasteiger partial charge in [-0.25, -0.2) is 0 Å². The van der Waals surface area contributed by atoms with E-state index in [1.807, 2.05) is 13.8 Å². The van der Waals surface area contributed by atoms with Crippen molar-refractivity contribution in [2.75, 3.05) is 13.7 Å². The third-order valence-corrected chi connectivity index (χ3v) is 1.51. The summed E-state index contributed by atoms with van der Waals surface area (Å²) >= 11 is 0. The zero-order valence-electron chi connectivity index (χ0n) is 8.05. The van der Waals surface area contributed by atoms with Crippen LogP contribution in [-0.4, -0.2) is 36.4 Å². The van der Waals surface area contributed by atoms with Crippen molar-refractivity contribution in [3.8, 4) is 0 Å². The zero-order chi connectivity index (χ0) is 9.78. The highest BCUT2D eigenvalue weighted by atomic mass is 16.5. The van der Waals surface area contributed by atoms with Crippen LogP contribution in [0.25, 0.3) is 0 Å². The van der Waals surface area contributed by atoms with E-state index in [4.69, 9.17) is 9.84 Å². The van der Waals surface area contributed by atoms with Gasteiger partial charge in [0.25, 0.3) is 0 Å². The first-order chi connectivity index (χ1) is 5.42. The average Bonchev–Trinajstić information content (AvgIpc) is 1.85. The van der Waals surface area contributed by atoms with Gasteiger partial charge in [-0.3, -0.25) is 10.1 Å². The second kappa shape index (κ2) is 4.42. The monoisotopic (exact) mass is 175 g/mol. The topological polar surface area (TPSA) is 58.6 Å². The Hall–Kier alpha value is -0.610. The molecular weight excluding hydrogens is 158 g/mol. The number of hydrogen-bond donors (Lipinski definition) is 2. The first-order valence-corrected chi connectivity index (χ1v) is 3.92. The molecule has 0 aromatic carbocycles. The molecule has 0 aromatic heterocycles. The normalized spacial score (nSPS) is 16.1. The maximum atomic E-state index is 10.8. The minimum absolute atomic E-state index is 0.126. The molecule has 0 heterocycles. The van der Waals surface area contributed by atoms with E-state index >= 15 is 0 Å². The molecule has 0 rings (SSSR count). The Balaban J connectivity index is 4.28. The minimum atomic E-state index is -0.983. The molecular formula is C8H17NO3. The fourth-order valence-corrected chi connectivity index (χ4v) is 1.09. The molecule has 0 saturated heterocycles. The maximum Gasteiger partial charge on any atom is 0.326 e. The molecule has 0 fully saturated rings. The van der Waals surface area contributed by atoms with Crippen LogP contribution in [0.15, 0.2) is 0 Å². The molecule has 12 heavy (non-hydrogen) atoms. The second-order valence-corrected chi connectivity index (χ2v) is 3.37. The van der Waals surface area contributed by atoms with Crippen LogP contribution in [0.3, 0.4) is 0 Å². The van der Waals surface area contributed by atoms with Crippen LogP contribution in [0.4, 0.5) is 0 Å². The fraction of sp³-hybridized carbons (Fsp3) is 0.875. The highest BCUT2D eigenvalue weighted by Crippen LogP contribution is 2.05. The largest absolute Gasteiger partial charge is 0.480 e. The number of nitrogens with one attached hydrogen (secondary N) is 1. The van der Waals surface area contributed by atoms with Gasteiger partial charge in [0.1, 0.15) is 5.54 Å². The van der Waals surface area contributed by atoms with Gasteiger partial charge in [-0.05, 0) is 20.8 Å². The van der Waals surface area contributed by atoms with Crippen LogP contribution in [0, 0.1) is 0 Å². The number of carboxylic acid groups (broad SMARTS) is 1. The highest BCUT2D eigenvalue weighted by Gasteiger charge is 2.33. The summed E-state index contributed by atoms with van der Waals surface area (Å²) in [6.07, 6.45) is 0. The molecule has 0 radical (unpaired) electrons. The number of carbonyl (C=O) groups is 1. The molecule has 0 spiro atoms. The van der Waals surface area contributed by atoms with Crippen LogP contribution in [0.2, 0.25) is 0 Å². The summed E-state index contributed by atoms with van der Waals surface area (Å²) in [7, 11) is 1.49. The number of rotatable bonds is 5. The van der Waals surface area contributed by atoms with Crippen molar-refractivity contribution >= 4 is 5.97 Å². The predicted octanol–water partition coefficient (Wildman–Crippen LogP) is 0.474. The lowest BCUT2D eigenvalue weighted by atomic mass is 10.0. The van der Waals surface area contributed by atoms with Crippen LogP contribution in [0.5, 0.6) is 0 Å². The van der Waals surface area contributed by atoms with Gasteiger partial charge in [0.05, 0.1) is 6.61 Å². The van der Waals surface area contributed by atoms with Crippen molar-refractivity contribution in [2.24, 2.45) is 0 Å². The number of aliphatic carboxylic acids is 1. The van der Waals surface area contributed by atoms with Gasteiger partial charge >= 0.3 is 5.97 Å². The highest BCUT2D eigenvalue weighted by molar-refractivity contribution is 5.78. The maximum absolute atomic E-state index is 10.8. The van der Waals surface area contributed by atoms with E-state index in [2.05, 4.69) is 5.32 Å². The molecule has 4 heteroatoms. The lowest BCUT2D eigenvalue weighted by Gasteiger charge is -2.27. The van der Waals surface area contributed by atoms with Gasteiger partial charge in [0.15, 0.2) is 0 Å². The van der Waals surface area contributed by atoms with Crippen molar-refractivity contribution in [2.45, 2.75) is 32.4 Å². The number of hydrogen-bond acceptors (Lipinski definition) is 3. The van der Waals surface area contributed by atoms with Crippen molar-refractivity contribution in [3.05, 3.63) is 0 Å². The Bertz CT molecular complexity index is 158. The summed E-state index contributed by atoms with van der Waals surface area (Å²) < 4.78 is 4.83. The van der Waals surface area contributed by atoms with Crippen molar-refractivity contribution in [1.29, 1.82) is 0 Å². The van der Waals surface area contributed by atoms with E-state index in [-0.39, 0.29) is 12.6 Å². The van der Waals surface area contributed by atoms with Crippen molar-refractivity contribution in [3.63, 3.8) is 0 Å². The van der Waals surface area contributed by atoms with E-state index in [9.17, 15) is 4.79 Å². The molecule has 1 atom stereocenters. The molecule has 0 aliphatic rings. The van der Waals surface area contributed by atoms with Gasteiger partial charge in [0, 0.05) is 13.2 Å². The summed E-state index contributed by atoms with van der Waals surface area (Å²) in [5.74, 6) is -0.891. The van der Waals surface area contributed by atoms with E-state index < -0.39 is 11.5 Å². The zero-order valence-corrected chi connectivity index (χ0v) is 8.05. The number of methoxy groups -OCH3 is 1. The van der Waals surface area contributed by atoms with E-state index in [0.717, 1.165) is 0 Å². The lowest BCUT2D eigenvalue weighted by Crippen LogP contribution is -2.55. The predicted molar refractivity (Wildman–Crippen MR) is 46.2 cm³/mol. The number of carboxylic acids is 1. The molecule has 72 valence electrons. The first-order valence-electron chi connectivity index (χ1n) is 3.92. The standard InChI is InChI=1S/C8H17NO3/c1-6(2)9-8(3,5-12-4)7(10)11/h6,9H,5H2,1-4H3,(H,10,11). The van der Waals surface area contributed by atoms with Crippen molar-refractivity contribution < 1.29 is 14.6 Å². The average molecular weight is 175 g/mol. The summed E-state index contributed by atoms with van der Waals surface area (Å²) in [4.78, 5) is 10.8. The lowest BCUT2D eigenvalue weighted by molar-refractivity contribution is -0.146. The van der Waals surface area contributed by atoms with Gasteiger partial charge in [-0.15, -0.1) is 0 Å². The molecule has 0 aliphatic heterocycles. The molecule has 0 amide bonds. The van der Waals surface area contributed by atoms with Gasteiger partial charge < -0.3 is 9.84 Å². The Morgan fingerprint density at radius 3 is 2.42 bits per heavy atom. The third kappa shape index (κ3) is 3.19. The van der Waals surface area contributed by atoms with E-state index in [1.54, 1.807) is 6.92 Å². The Labute approximate surface area is 72.9 Å². The summed E-state index contributed by atoms with van der Waals surface area (Å²) in [5.41, 5.74) is -0.983. The van der Waals surface area contributed by atoms with Crippen molar-refractivity contribution in [1.82, 2.24) is 5.32 Å². The number of ether oxygens (including phenoxy) is 1. The third-order valence-electron chi connectivity index (χ3n) is 1.51. The van der Waals surface area contributed by atoms with Crippen LogP contribution < -0.4 is 5.32 Å². The fourth-order valence-electron chi connectivity index (χ4n) is 1.09. The Morgan fingerprint density at radius 1 is 1.67 bits per heavy atom. The Kier molecular flexibility index (Phi) is 4.20. The molecule has 0 bridgehead atoms. The second-order valence-electron chi connectivity index (χ2n) is 3.37. The van der Waals surface area contributed by atoms with Gasteiger partial charge in [-0.2, -0.15) is 0 Å². The van der Waals surface area contributed by atoms with E-state index in [1.165, 1.54) is 7.11 Å². The molecule has 0 aliphatic carbocycles. The first kappa shape index (κ1) is 11.4.